The summed E-state index contributed by atoms with van der Waals surface area (Å²) in [5.41, 5.74) is 2.35. The SMILES string of the molecule is CCCCc1ccc(NC(=O)CCCN(c2ccc(F)cc2)S(C)(=O)=O)cc1. The summed E-state index contributed by atoms with van der Waals surface area (Å²) in [4.78, 5) is 12.2. The Kier molecular flexibility index (Phi) is 7.99. The van der Waals surface area contributed by atoms with Crippen LogP contribution in [-0.4, -0.2) is 27.1 Å². The maximum absolute atomic E-state index is 13.1. The summed E-state index contributed by atoms with van der Waals surface area (Å²) in [6.45, 7) is 2.30. The van der Waals surface area contributed by atoms with Crippen LogP contribution in [0, 0.1) is 5.82 Å². The fourth-order valence-corrected chi connectivity index (χ4v) is 3.80. The largest absolute Gasteiger partial charge is 0.326 e. The van der Waals surface area contributed by atoms with E-state index >= 15 is 0 Å². The number of benzene rings is 2. The zero-order chi connectivity index (χ0) is 20.6. The molecule has 1 amide bonds. The number of carbonyl (C=O) groups excluding carboxylic acids is 1. The lowest BCUT2D eigenvalue weighted by molar-refractivity contribution is -0.116. The molecule has 1 N–H and O–H groups in total. The number of aryl methyl sites for hydroxylation is 1. The van der Waals surface area contributed by atoms with E-state index < -0.39 is 15.8 Å². The molecule has 0 atom stereocenters. The zero-order valence-corrected chi connectivity index (χ0v) is 17.1. The van der Waals surface area contributed by atoms with Crippen LogP contribution in [-0.2, 0) is 21.2 Å². The number of carbonyl (C=O) groups is 1. The van der Waals surface area contributed by atoms with Gasteiger partial charge in [-0.1, -0.05) is 25.5 Å². The van der Waals surface area contributed by atoms with E-state index in [1.807, 2.05) is 24.3 Å². The molecule has 0 fully saturated rings. The lowest BCUT2D eigenvalue weighted by atomic mass is 10.1. The van der Waals surface area contributed by atoms with Crippen LogP contribution < -0.4 is 9.62 Å². The number of sulfonamides is 1. The van der Waals surface area contributed by atoms with Crippen molar-refractivity contribution in [2.75, 3.05) is 22.4 Å². The standard InChI is InChI=1S/C21H27FN2O3S/c1-3-4-6-17-8-12-19(13-9-17)23-21(25)7-5-16-24(28(2,26)27)20-14-10-18(22)11-15-20/h8-15H,3-7,16H2,1-2H3,(H,23,25). The number of amides is 1. The molecule has 0 radical (unpaired) electrons. The maximum Gasteiger partial charge on any atom is 0.232 e. The number of halogens is 1. The van der Waals surface area contributed by atoms with Crippen LogP contribution in [0.25, 0.3) is 0 Å². The molecule has 5 nitrogen and oxygen atoms in total. The summed E-state index contributed by atoms with van der Waals surface area (Å²) < 4.78 is 38.3. The van der Waals surface area contributed by atoms with E-state index in [-0.39, 0.29) is 18.9 Å². The van der Waals surface area contributed by atoms with Crippen LogP contribution in [0.4, 0.5) is 15.8 Å². The molecule has 0 saturated carbocycles. The van der Waals surface area contributed by atoms with Gasteiger partial charge in [0.1, 0.15) is 5.82 Å². The Labute approximate surface area is 166 Å². The first kappa shape index (κ1) is 21.9. The second-order valence-electron chi connectivity index (χ2n) is 6.76. The number of anilines is 2. The summed E-state index contributed by atoms with van der Waals surface area (Å²) in [5.74, 6) is -0.605. The van der Waals surface area contributed by atoms with Crippen LogP contribution in [0.5, 0.6) is 0 Å². The first-order valence-electron chi connectivity index (χ1n) is 9.41. The van der Waals surface area contributed by atoms with E-state index in [0.717, 1.165) is 31.2 Å². The number of hydrogen-bond acceptors (Lipinski definition) is 3. The monoisotopic (exact) mass is 406 g/mol. The smallest absolute Gasteiger partial charge is 0.232 e. The van der Waals surface area contributed by atoms with Crippen molar-refractivity contribution in [1.82, 2.24) is 0 Å². The van der Waals surface area contributed by atoms with Gasteiger partial charge >= 0.3 is 0 Å². The highest BCUT2D eigenvalue weighted by molar-refractivity contribution is 7.92. The molecule has 2 aromatic carbocycles. The quantitative estimate of drug-likeness (QED) is 0.638. The van der Waals surface area contributed by atoms with Gasteiger partial charge in [0.2, 0.25) is 15.9 Å². The number of unbranched alkanes of at least 4 members (excludes halogenated alkanes) is 1. The van der Waals surface area contributed by atoms with E-state index in [0.29, 0.717) is 12.1 Å². The molecule has 2 rings (SSSR count). The average molecular weight is 407 g/mol. The summed E-state index contributed by atoms with van der Waals surface area (Å²) in [7, 11) is -3.52. The van der Waals surface area contributed by atoms with Crippen LogP contribution in [0.2, 0.25) is 0 Å². The molecule has 0 bridgehead atoms. The van der Waals surface area contributed by atoms with E-state index in [1.165, 1.54) is 34.1 Å². The summed E-state index contributed by atoms with van der Waals surface area (Å²) in [5, 5.41) is 2.83. The Balaban J connectivity index is 1.87. The van der Waals surface area contributed by atoms with Crippen LogP contribution in [0.3, 0.4) is 0 Å². The molecule has 0 heterocycles. The van der Waals surface area contributed by atoms with Crippen LogP contribution >= 0.6 is 0 Å². The van der Waals surface area contributed by atoms with Crippen LogP contribution in [0.15, 0.2) is 48.5 Å². The molecule has 152 valence electrons. The first-order valence-corrected chi connectivity index (χ1v) is 11.3. The predicted molar refractivity (Wildman–Crippen MR) is 112 cm³/mol. The predicted octanol–water partition coefficient (Wildman–Crippen LogP) is 4.35. The number of nitrogens with one attached hydrogen (secondary N) is 1. The second-order valence-corrected chi connectivity index (χ2v) is 8.67. The maximum atomic E-state index is 13.1. The molecular weight excluding hydrogens is 379 g/mol. The van der Waals surface area contributed by atoms with Crippen molar-refractivity contribution in [2.24, 2.45) is 0 Å². The number of nitrogens with zero attached hydrogens (tertiary/aromatic N) is 1. The number of hydrogen-bond donors (Lipinski definition) is 1. The van der Waals surface area contributed by atoms with Gasteiger partial charge in [-0.25, -0.2) is 12.8 Å². The Morgan fingerprint density at radius 1 is 1.04 bits per heavy atom. The molecule has 0 saturated heterocycles. The second kappa shape index (κ2) is 10.2. The van der Waals surface area contributed by atoms with E-state index in [9.17, 15) is 17.6 Å². The van der Waals surface area contributed by atoms with E-state index in [2.05, 4.69) is 12.2 Å². The van der Waals surface area contributed by atoms with Crippen molar-refractivity contribution in [2.45, 2.75) is 39.0 Å². The summed E-state index contributed by atoms with van der Waals surface area (Å²) in [6, 6.07) is 13.0. The highest BCUT2D eigenvalue weighted by Gasteiger charge is 2.17. The van der Waals surface area contributed by atoms with Crippen molar-refractivity contribution in [1.29, 1.82) is 0 Å². The third kappa shape index (κ3) is 6.96. The normalized spacial score (nSPS) is 11.2. The molecule has 7 heteroatoms. The topological polar surface area (TPSA) is 66.5 Å². The van der Waals surface area contributed by atoms with E-state index in [1.54, 1.807) is 0 Å². The van der Waals surface area contributed by atoms with Crippen molar-refractivity contribution in [3.05, 3.63) is 59.9 Å². The molecule has 0 spiro atoms. The lowest BCUT2D eigenvalue weighted by Crippen LogP contribution is -2.31. The number of rotatable bonds is 10. The molecule has 0 unspecified atom stereocenters. The third-order valence-corrected chi connectivity index (χ3v) is 5.53. The van der Waals surface area contributed by atoms with Gasteiger partial charge in [0.25, 0.3) is 0 Å². The molecule has 0 aliphatic heterocycles. The van der Waals surface area contributed by atoms with E-state index in [4.69, 9.17) is 0 Å². The van der Waals surface area contributed by atoms with Crippen LogP contribution in [0.1, 0.15) is 38.2 Å². The van der Waals surface area contributed by atoms with Crippen molar-refractivity contribution < 1.29 is 17.6 Å². The van der Waals surface area contributed by atoms with Gasteiger partial charge in [-0.2, -0.15) is 0 Å². The summed E-state index contributed by atoms with van der Waals surface area (Å²) in [6.07, 6.45) is 4.93. The fourth-order valence-electron chi connectivity index (χ4n) is 2.84. The molecule has 0 aliphatic rings. The Bertz CT molecular complexity index is 866. The minimum absolute atomic E-state index is 0.147. The van der Waals surface area contributed by atoms with Gasteiger partial charge in [0.05, 0.1) is 11.9 Å². The molecule has 0 aliphatic carbocycles. The lowest BCUT2D eigenvalue weighted by Gasteiger charge is -2.22. The zero-order valence-electron chi connectivity index (χ0n) is 16.3. The van der Waals surface area contributed by atoms with Gasteiger partial charge in [-0.05, 0) is 61.2 Å². The third-order valence-electron chi connectivity index (χ3n) is 4.34. The van der Waals surface area contributed by atoms with Crippen molar-refractivity contribution >= 4 is 27.3 Å². The van der Waals surface area contributed by atoms with Crippen molar-refractivity contribution in [3.8, 4) is 0 Å². The Morgan fingerprint density at radius 2 is 1.68 bits per heavy atom. The molecule has 2 aromatic rings. The first-order chi connectivity index (χ1) is 13.3. The highest BCUT2D eigenvalue weighted by atomic mass is 32.2. The van der Waals surface area contributed by atoms with Crippen molar-refractivity contribution in [3.63, 3.8) is 0 Å². The summed E-state index contributed by atoms with van der Waals surface area (Å²) >= 11 is 0. The highest BCUT2D eigenvalue weighted by Crippen LogP contribution is 2.19. The molecular formula is C21H27FN2O3S. The fraction of sp³-hybridized carbons (Fsp3) is 0.381. The van der Waals surface area contributed by atoms with Gasteiger partial charge < -0.3 is 5.32 Å². The molecule has 0 aromatic heterocycles. The Morgan fingerprint density at radius 3 is 2.25 bits per heavy atom. The van der Waals surface area contributed by atoms with Gasteiger partial charge in [0, 0.05) is 18.7 Å². The minimum atomic E-state index is -3.52. The van der Waals surface area contributed by atoms with Gasteiger partial charge in [0.15, 0.2) is 0 Å². The van der Waals surface area contributed by atoms with Gasteiger partial charge in [-0.15, -0.1) is 0 Å². The Hall–Kier alpha value is -2.41. The van der Waals surface area contributed by atoms with Gasteiger partial charge in [-0.3, -0.25) is 9.10 Å². The average Bonchev–Trinajstić information content (AvgIpc) is 2.65. The minimum Gasteiger partial charge on any atom is -0.326 e. The molecule has 28 heavy (non-hydrogen) atoms.